The number of nitrogens with two attached hydrogens (primary N) is 1. The molecular formula is C41H49N9O6. The van der Waals surface area contributed by atoms with E-state index in [1.54, 1.807) is 23.4 Å². The van der Waals surface area contributed by atoms with Crippen LogP contribution >= 0.6 is 0 Å². The van der Waals surface area contributed by atoms with E-state index >= 15 is 0 Å². The van der Waals surface area contributed by atoms with Crippen molar-refractivity contribution in [2.45, 2.75) is 58.7 Å². The SMILES string of the molecule is CC(C)c1cc(C(=O)N2Cc3ccc(OCC4CCN(C(=O)CN5CCc6c(nc(-c7cnc(N)nc7)nc6N6CCOCC6)C5)CC4)cc3C2)c(O)cc1O. The summed E-state index contributed by atoms with van der Waals surface area (Å²) in [5.74, 6) is 2.35. The van der Waals surface area contributed by atoms with E-state index in [9.17, 15) is 19.8 Å². The number of hydrogen-bond donors (Lipinski definition) is 3. The standard InChI is InChI=1S/C41H49N9O6/c1-25(2)32-16-33(36(52)17-35(32)51)40(54)50-20-27-3-4-30(15-28(27)21-50)56-24-26-5-9-48(10-6-26)37(53)23-47-8-7-31-34(22-47)45-38(29-18-43-41(42)44-19-29)46-39(31)49-11-13-55-14-12-49/h3-4,15-19,25-26,51-52H,5-14,20-24H2,1-2H3,(H2,42,43,44). The number of morpholine rings is 1. The minimum absolute atomic E-state index is 0.00272. The molecule has 0 saturated carbocycles. The van der Waals surface area contributed by atoms with Gasteiger partial charge < -0.3 is 40.1 Å². The van der Waals surface area contributed by atoms with Crippen molar-refractivity contribution in [3.8, 4) is 28.6 Å². The number of hydrogen-bond acceptors (Lipinski definition) is 13. The predicted octanol–water partition coefficient (Wildman–Crippen LogP) is 3.72. The molecule has 0 aliphatic carbocycles. The number of anilines is 2. The number of nitrogen functional groups attached to an aromatic ring is 1. The number of phenols is 2. The van der Waals surface area contributed by atoms with Gasteiger partial charge in [-0.3, -0.25) is 14.5 Å². The second kappa shape index (κ2) is 15.9. The van der Waals surface area contributed by atoms with Crippen molar-refractivity contribution in [1.82, 2.24) is 34.6 Å². The van der Waals surface area contributed by atoms with Gasteiger partial charge in [-0.15, -0.1) is 0 Å². The van der Waals surface area contributed by atoms with E-state index in [1.807, 2.05) is 36.9 Å². The van der Waals surface area contributed by atoms with Gasteiger partial charge in [-0.2, -0.15) is 0 Å². The largest absolute Gasteiger partial charge is 0.508 e. The van der Waals surface area contributed by atoms with Gasteiger partial charge in [-0.25, -0.2) is 19.9 Å². The number of benzene rings is 2. The zero-order valence-corrected chi connectivity index (χ0v) is 32.0. The van der Waals surface area contributed by atoms with E-state index in [0.29, 0.717) is 82.0 Å². The van der Waals surface area contributed by atoms with Crippen LogP contribution in [0.2, 0.25) is 0 Å². The van der Waals surface area contributed by atoms with E-state index < -0.39 is 0 Å². The van der Waals surface area contributed by atoms with E-state index in [0.717, 1.165) is 72.8 Å². The molecule has 4 aliphatic heterocycles. The van der Waals surface area contributed by atoms with Crippen LogP contribution in [0.5, 0.6) is 17.2 Å². The number of fused-ring (bicyclic) bond motifs is 2. The second-order valence-electron chi connectivity index (χ2n) is 15.5. The molecule has 6 heterocycles. The number of ether oxygens (including phenoxy) is 2. The Labute approximate surface area is 326 Å². The van der Waals surface area contributed by atoms with Gasteiger partial charge in [0.05, 0.1) is 43.2 Å². The number of rotatable bonds is 9. The fraction of sp³-hybridized carbons (Fsp3) is 0.463. The Morgan fingerprint density at radius 2 is 1.66 bits per heavy atom. The molecule has 4 aliphatic rings. The number of nitrogens with zero attached hydrogens (tertiary/aromatic N) is 8. The van der Waals surface area contributed by atoms with Crippen molar-refractivity contribution in [2.75, 3.05) is 69.7 Å². The summed E-state index contributed by atoms with van der Waals surface area (Å²) in [6.07, 6.45) is 5.76. The lowest BCUT2D eigenvalue weighted by atomic mass is 9.97. The van der Waals surface area contributed by atoms with Crippen molar-refractivity contribution in [1.29, 1.82) is 0 Å². The number of piperidine rings is 1. The molecule has 8 rings (SSSR count). The molecule has 0 spiro atoms. The van der Waals surface area contributed by atoms with Crippen LogP contribution in [-0.4, -0.2) is 116 Å². The first-order valence-electron chi connectivity index (χ1n) is 19.5. The fourth-order valence-corrected chi connectivity index (χ4v) is 8.08. The number of phenolic OH excluding ortho intramolecular Hbond substituents is 2. The number of aromatic nitrogens is 4. The molecule has 294 valence electrons. The highest BCUT2D eigenvalue weighted by molar-refractivity contribution is 5.97. The molecule has 4 N–H and O–H groups in total. The molecule has 2 saturated heterocycles. The lowest BCUT2D eigenvalue weighted by Crippen LogP contribution is -2.46. The highest BCUT2D eigenvalue weighted by Gasteiger charge is 2.31. The average Bonchev–Trinajstić information content (AvgIpc) is 3.64. The number of likely N-dealkylation sites (tertiary alicyclic amines) is 1. The Hall–Kier alpha value is -5.54. The summed E-state index contributed by atoms with van der Waals surface area (Å²) in [6, 6.07) is 8.78. The highest BCUT2D eigenvalue weighted by Crippen LogP contribution is 2.36. The zero-order valence-electron chi connectivity index (χ0n) is 32.0. The molecule has 0 bridgehead atoms. The minimum Gasteiger partial charge on any atom is -0.508 e. The van der Waals surface area contributed by atoms with Gasteiger partial charge in [-0.1, -0.05) is 19.9 Å². The van der Waals surface area contributed by atoms with Crippen LogP contribution in [0.25, 0.3) is 11.4 Å². The lowest BCUT2D eigenvalue weighted by Gasteiger charge is -2.36. The third-order valence-electron chi connectivity index (χ3n) is 11.4. The van der Waals surface area contributed by atoms with E-state index in [2.05, 4.69) is 19.8 Å². The fourth-order valence-electron chi connectivity index (χ4n) is 8.08. The highest BCUT2D eigenvalue weighted by atomic mass is 16.5. The minimum atomic E-state index is -0.277. The van der Waals surface area contributed by atoms with E-state index in [4.69, 9.17) is 25.2 Å². The molecule has 2 aromatic carbocycles. The van der Waals surface area contributed by atoms with Crippen LogP contribution in [0.1, 0.15) is 70.9 Å². The molecule has 15 nitrogen and oxygen atoms in total. The summed E-state index contributed by atoms with van der Waals surface area (Å²) >= 11 is 0. The first kappa shape index (κ1) is 37.4. The Morgan fingerprint density at radius 3 is 2.41 bits per heavy atom. The van der Waals surface area contributed by atoms with Gasteiger partial charge in [0, 0.05) is 76.4 Å². The number of amides is 2. The normalized spacial score (nSPS) is 17.6. The molecule has 0 atom stereocenters. The Morgan fingerprint density at radius 1 is 0.911 bits per heavy atom. The van der Waals surface area contributed by atoms with Gasteiger partial charge in [0.2, 0.25) is 11.9 Å². The van der Waals surface area contributed by atoms with Gasteiger partial charge in [0.1, 0.15) is 23.1 Å². The third kappa shape index (κ3) is 7.91. The van der Waals surface area contributed by atoms with Gasteiger partial charge in [0.25, 0.3) is 5.91 Å². The maximum absolute atomic E-state index is 13.6. The molecule has 2 fully saturated rings. The molecule has 4 aromatic rings. The number of carbonyl (C=O) groups excluding carboxylic acids is 2. The van der Waals surface area contributed by atoms with Crippen molar-refractivity contribution < 1.29 is 29.3 Å². The molecule has 2 aromatic heterocycles. The van der Waals surface area contributed by atoms with Crippen molar-refractivity contribution >= 4 is 23.6 Å². The third-order valence-corrected chi connectivity index (χ3v) is 11.4. The molecular weight excluding hydrogens is 715 g/mol. The quantitative estimate of drug-likeness (QED) is 0.225. The smallest absolute Gasteiger partial charge is 0.258 e. The summed E-state index contributed by atoms with van der Waals surface area (Å²) in [6.45, 7) is 11.1. The Kier molecular flexibility index (Phi) is 10.6. The first-order chi connectivity index (χ1) is 27.1. The maximum Gasteiger partial charge on any atom is 0.258 e. The van der Waals surface area contributed by atoms with E-state index in [1.165, 1.54) is 6.07 Å². The second-order valence-corrected chi connectivity index (χ2v) is 15.5. The number of carbonyl (C=O) groups is 2. The van der Waals surface area contributed by atoms with Gasteiger partial charge in [0.15, 0.2) is 5.82 Å². The van der Waals surface area contributed by atoms with Crippen molar-refractivity contribution in [2.24, 2.45) is 5.92 Å². The maximum atomic E-state index is 13.6. The number of aromatic hydroxyl groups is 2. The molecule has 0 radical (unpaired) electrons. The van der Waals surface area contributed by atoms with Crippen LogP contribution in [0, 0.1) is 5.92 Å². The Balaban J connectivity index is 0.836. The van der Waals surface area contributed by atoms with Crippen LogP contribution in [-0.2, 0) is 35.6 Å². The first-order valence-corrected chi connectivity index (χ1v) is 19.5. The topological polar surface area (TPSA) is 184 Å². The summed E-state index contributed by atoms with van der Waals surface area (Å²) < 4.78 is 11.9. The summed E-state index contributed by atoms with van der Waals surface area (Å²) in [4.78, 5) is 53.3. The van der Waals surface area contributed by atoms with Crippen LogP contribution < -0.4 is 15.4 Å². The monoisotopic (exact) mass is 763 g/mol. The van der Waals surface area contributed by atoms with E-state index in [-0.39, 0.29) is 40.7 Å². The summed E-state index contributed by atoms with van der Waals surface area (Å²) in [5.41, 5.74) is 11.3. The molecule has 15 heteroatoms. The summed E-state index contributed by atoms with van der Waals surface area (Å²) in [5, 5.41) is 20.7. The zero-order chi connectivity index (χ0) is 38.9. The molecule has 56 heavy (non-hydrogen) atoms. The molecule has 2 amide bonds. The van der Waals surface area contributed by atoms with Crippen molar-refractivity contribution in [3.63, 3.8) is 0 Å². The van der Waals surface area contributed by atoms with Crippen LogP contribution in [0.4, 0.5) is 11.8 Å². The van der Waals surface area contributed by atoms with Gasteiger partial charge in [-0.05, 0) is 66.0 Å². The van der Waals surface area contributed by atoms with Crippen LogP contribution in [0.15, 0.2) is 42.7 Å². The van der Waals surface area contributed by atoms with Crippen LogP contribution in [0.3, 0.4) is 0 Å². The molecule has 0 unspecified atom stereocenters. The Bertz CT molecular complexity index is 2100. The summed E-state index contributed by atoms with van der Waals surface area (Å²) in [7, 11) is 0. The lowest BCUT2D eigenvalue weighted by molar-refractivity contribution is -0.134. The van der Waals surface area contributed by atoms with Gasteiger partial charge >= 0.3 is 0 Å². The van der Waals surface area contributed by atoms with Crippen molar-refractivity contribution in [3.05, 3.63) is 76.2 Å². The average molecular weight is 764 g/mol. The predicted molar refractivity (Wildman–Crippen MR) is 208 cm³/mol.